The van der Waals surface area contributed by atoms with Crippen LogP contribution in [0.5, 0.6) is 11.5 Å². The molecule has 37 heavy (non-hydrogen) atoms. The smallest absolute Gasteiger partial charge is 0.429 e. The van der Waals surface area contributed by atoms with Crippen LogP contribution in [-0.4, -0.2) is 6.36 Å². The molecule has 1 fully saturated rings. The average molecular weight is 542 g/mol. The van der Waals surface area contributed by atoms with Gasteiger partial charge in [0.25, 0.3) is 0 Å². The third kappa shape index (κ3) is 7.95. The molecule has 0 atom stereocenters. The minimum absolute atomic E-state index is 0.0147. The Hall–Kier alpha value is -2.59. The van der Waals surface area contributed by atoms with Gasteiger partial charge in [0.05, 0.1) is 0 Å². The van der Waals surface area contributed by atoms with E-state index < -0.39 is 52.8 Å². The third-order valence-corrected chi connectivity index (χ3v) is 6.60. The first-order valence-corrected chi connectivity index (χ1v) is 12.1. The van der Waals surface area contributed by atoms with Crippen LogP contribution in [-0.2, 0) is 12.5 Å². The Morgan fingerprint density at radius 1 is 0.730 bits per heavy atom. The second-order valence-corrected chi connectivity index (χ2v) is 9.38. The molecule has 206 valence electrons. The minimum atomic E-state index is -5.45. The maximum atomic E-state index is 14.6. The van der Waals surface area contributed by atoms with Gasteiger partial charge in [0.15, 0.2) is 11.6 Å². The van der Waals surface area contributed by atoms with Gasteiger partial charge in [0, 0.05) is 12.1 Å². The standard InChI is InChI=1S/C26H27F9O2/c1-2-3-4-15-5-7-16(8-6-15)9-10-17-11-19(27)23(20(28)12-17)25(31,32)36-18-13-21(29)24(22(30)14-18)37-26(33,34)35/h11-16H,2-10H2,1H3. The zero-order valence-corrected chi connectivity index (χ0v) is 20.0. The summed E-state index contributed by atoms with van der Waals surface area (Å²) in [4.78, 5) is 0. The van der Waals surface area contributed by atoms with Crippen molar-refractivity contribution in [1.82, 2.24) is 0 Å². The summed E-state index contributed by atoms with van der Waals surface area (Å²) >= 11 is 0. The lowest BCUT2D eigenvalue weighted by Crippen LogP contribution is -2.26. The fourth-order valence-electron chi connectivity index (χ4n) is 4.73. The van der Waals surface area contributed by atoms with Crippen molar-refractivity contribution in [3.8, 4) is 11.5 Å². The summed E-state index contributed by atoms with van der Waals surface area (Å²) in [7, 11) is 0. The van der Waals surface area contributed by atoms with Gasteiger partial charge in [-0.3, -0.25) is 0 Å². The molecule has 0 radical (unpaired) electrons. The van der Waals surface area contributed by atoms with Gasteiger partial charge in [0.2, 0.25) is 5.75 Å². The summed E-state index contributed by atoms with van der Waals surface area (Å²) in [6.45, 7) is 2.14. The lowest BCUT2D eigenvalue weighted by Gasteiger charge is -2.28. The van der Waals surface area contributed by atoms with E-state index in [2.05, 4.69) is 16.4 Å². The van der Waals surface area contributed by atoms with Crippen LogP contribution in [0.3, 0.4) is 0 Å². The van der Waals surface area contributed by atoms with Gasteiger partial charge in [-0.25, -0.2) is 17.6 Å². The fraction of sp³-hybridized carbons (Fsp3) is 0.538. The topological polar surface area (TPSA) is 18.5 Å². The molecule has 2 nitrogen and oxygen atoms in total. The number of hydrogen-bond acceptors (Lipinski definition) is 2. The summed E-state index contributed by atoms with van der Waals surface area (Å²) in [5, 5.41) is 0. The van der Waals surface area contributed by atoms with Crippen LogP contribution < -0.4 is 9.47 Å². The second-order valence-electron chi connectivity index (χ2n) is 9.38. The van der Waals surface area contributed by atoms with Gasteiger partial charge < -0.3 is 9.47 Å². The van der Waals surface area contributed by atoms with Crippen molar-refractivity contribution in [1.29, 1.82) is 0 Å². The highest BCUT2D eigenvalue weighted by Crippen LogP contribution is 2.39. The first-order chi connectivity index (χ1) is 17.3. The third-order valence-electron chi connectivity index (χ3n) is 6.60. The molecule has 0 unspecified atom stereocenters. The molecule has 11 heteroatoms. The predicted octanol–water partition coefficient (Wildman–Crippen LogP) is 9.20. The number of hydrogen-bond donors (Lipinski definition) is 0. The lowest BCUT2D eigenvalue weighted by molar-refractivity contribution is -0.276. The van der Waals surface area contributed by atoms with Gasteiger partial charge in [-0.2, -0.15) is 8.78 Å². The Labute approximate surface area is 208 Å². The van der Waals surface area contributed by atoms with Crippen LogP contribution >= 0.6 is 0 Å². The number of rotatable bonds is 10. The molecule has 1 aliphatic carbocycles. The van der Waals surface area contributed by atoms with E-state index in [1.807, 2.05) is 0 Å². The highest BCUT2D eigenvalue weighted by atomic mass is 19.4. The van der Waals surface area contributed by atoms with Crippen LogP contribution in [0.25, 0.3) is 0 Å². The number of unbranched alkanes of at least 4 members (excludes halogenated alkanes) is 1. The zero-order valence-electron chi connectivity index (χ0n) is 20.0. The van der Waals surface area contributed by atoms with E-state index in [1.165, 1.54) is 12.8 Å². The van der Waals surface area contributed by atoms with Crippen molar-refractivity contribution in [2.24, 2.45) is 11.8 Å². The molecular weight excluding hydrogens is 515 g/mol. The zero-order chi connectivity index (χ0) is 27.4. The molecule has 0 aromatic heterocycles. The van der Waals surface area contributed by atoms with Crippen molar-refractivity contribution in [3.05, 3.63) is 58.7 Å². The van der Waals surface area contributed by atoms with E-state index >= 15 is 0 Å². The van der Waals surface area contributed by atoms with Crippen LogP contribution in [0, 0.1) is 35.1 Å². The first kappa shape index (κ1) is 29.0. The minimum Gasteiger partial charge on any atom is -0.429 e. The van der Waals surface area contributed by atoms with Gasteiger partial charge in [0.1, 0.15) is 22.9 Å². The molecule has 3 rings (SSSR count). The molecule has 1 saturated carbocycles. The van der Waals surface area contributed by atoms with E-state index in [1.54, 1.807) is 0 Å². The quantitative estimate of drug-likeness (QED) is 0.279. The summed E-state index contributed by atoms with van der Waals surface area (Å²) in [6, 6.07) is 1.48. The normalized spacial score (nSPS) is 18.6. The molecule has 0 N–H and O–H groups in total. The lowest BCUT2D eigenvalue weighted by atomic mass is 9.78. The number of benzene rings is 2. The Bertz CT molecular complexity index is 1010. The molecular formula is C26H27F9O2. The van der Waals surface area contributed by atoms with Crippen molar-refractivity contribution in [3.63, 3.8) is 0 Å². The summed E-state index contributed by atoms with van der Waals surface area (Å²) < 4.78 is 130. The molecule has 0 saturated heterocycles. The van der Waals surface area contributed by atoms with E-state index in [-0.39, 0.29) is 24.1 Å². The highest BCUT2D eigenvalue weighted by molar-refractivity contribution is 5.36. The molecule has 2 aromatic rings. The largest absolute Gasteiger partial charge is 0.573 e. The van der Waals surface area contributed by atoms with Crippen molar-refractivity contribution in [2.45, 2.75) is 77.2 Å². The maximum Gasteiger partial charge on any atom is 0.573 e. The summed E-state index contributed by atoms with van der Waals surface area (Å²) in [6.07, 6.45) is -1.51. The number of alkyl halides is 5. The molecule has 0 heterocycles. The Morgan fingerprint density at radius 3 is 1.73 bits per heavy atom. The van der Waals surface area contributed by atoms with Gasteiger partial charge in [-0.1, -0.05) is 51.9 Å². The van der Waals surface area contributed by atoms with E-state index in [4.69, 9.17) is 0 Å². The van der Waals surface area contributed by atoms with E-state index in [0.29, 0.717) is 18.3 Å². The van der Waals surface area contributed by atoms with Crippen LogP contribution in [0.1, 0.15) is 69.4 Å². The molecule has 0 amide bonds. The summed E-state index contributed by atoms with van der Waals surface area (Å²) in [5.41, 5.74) is -1.61. The molecule has 1 aliphatic rings. The molecule has 2 aromatic carbocycles. The number of aryl methyl sites for hydroxylation is 1. The van der Waals surface area contributed by atoms with Crippen molar-refractivity contribution in [2.75, 3.05) is 0 Å². The maximum absolute atomic E-state index is 14.6. The molecule has 0 aliphatic heterocycles. The van der Waals surface area contributed by atoms with Gasteiger partial charge in [-0.15, -0.1) is 13.2 Å². The Balaban J connectivity index is 1.67. The number of ether oxygens (including phenoxy) is 2. The Morgan fingerprint density at radius 2 is 1.24 bits per heavy atom. The van der Waals surface area contributed by atoms with Crippen LogP contribution in [0.2, 0.25) is 0 Å². The molecule has 0 bridgehead atoms. The second kappa shape index (κ2) is 11.9. The monoisotopic (exact) mass is 542 g/mol. The predicted molar refractivity (Wildman–Crippen MR) is 117 cm³/mol. The van der Waals surface area contributed by atoms with Crippen LogP contribution in [0.15, 0.2) is 24.3 Å². The first-order valence-electron chi connectivity index (χ1n) is 12.1. The van der Waals surface area contributed by atoms with Crippen molar-refractivity contribution < 1.29 is 49.0 Å². The average Bonchev–Trinajstić information content (AvgIpc) is 2.78. The van der Waals surface area contributed by atoms with Gasteiger partial charge in [-0.05, 0) is 42.4 Å². The highest BCUT2D eigenvalue weighted by Gasteiger charge is 2.42. The fourth-order valence-corrected chi connectivity index (χ4v) is 4.73. The number of halogens is 9. The summed E-state index contributed by atoms with van der Waals surface area (Å²) in [5.74, 6) is -9.36. The van der Waals surface area contributed by atoms with Gasteiger partial charge >= 0.3 is 12.5 Å². The van der Waals surface area contributed by atoms with Crippen LogP contribution in [0.4, 0.5) is 39.5 Å². The SMILES string of the molecule is CCCCC1CCC(CCc2cc(F)c(C(F)(F)Oc3cc(F)c(OC(F)(F)F)c(F)c3)c(F)c2)CC1. The Kier molecular flexibility index (Phi) is 9.28. The van der Waals surface area contributed by atoms with E-state index in [9.17, 15) is 39.5 Å². The van der Waals surface area contributed by atoms with E-state index in [0.717, 1.165) is 44.2 Å². The van der Waals surface area contributed by atoms with Crippen molar-refractivity contribution >= 4 is 0 Å². The molecule has 0 spiro atoms.